The lowest BCUT2D eigenvalue weighted by Gasteiger charge is -2.34. The van der Waals surface area contributed by atoms with Gasteiger partial charge in [-0.2, -0.15) is 14.9 Å². The van der Waals surface area contributed by atoms with Crippen LogP contribution in [0.4, 0.5) is 16.0 Å². The number of nitrogens with one attached hydrogen (secondary N) is 1. The lowest BCUT2D eigenvalue weighted by atomic mass is 10.0. The molecule has 4 aromatic heterocycles. The number of halogens is 1. The fraction of sp³-hybridized carbons (Fsp3) is 0.400. The third-order valence-electron chi connectivity index (χ3n) is 7.33. The Morgan fingerprint density at radius 1 is 1.14 bits per heavy atom. The van der Waals surface area contributed by atoms with Crippen molar-refractivity contribution in [2.24, 2.45) is 0 Å². The van der Waals surface area contributed by atoms with E-state index in [9.17, 15) is 4.79 Å². The first-order chi connectivity index (χ1) is 18.1. The highest BCUT2D eigenvalue weighted by atomic mass is 19.1. The molecule has 0 radical (unpaired) electrons. The number of rotatable bonds is 4. The monoisotopic (exact) mass is 504 g/mol. The molecule has 7 heterocycles. The SMILES string of the molecule is C[C@@H]1COCCN1c1cc(-c2cnc(N3CC4CCC(O4)C3=O)cc2F)c2cnn(-c3cc[nH]n3)c2n1. The number of aromatic amines is 1. The average molecular weight is 505 g/mol. The summed E-state index contributed by atoms with van der Waals surface area (Å²) < 4.78 is 28.7. The zero-order valence-corrected chi connectivity index (χ0v) is 20.2. The molecule has 190 valence electrons. The molecular formula is C25H25FN8O3. The third kappa shape index (κ3) is 3.66. The molecule has 3 fully saturated rings. The quantitative estimate of drug-likeness (QED) is 0.451. The summed E-state index contributed by atoms with van der Waals surface area (Å²) in [6.45, 7) is 4.28. The van der Waals surface area contributed by atoms with E-state index in [0.717, 1.165) is 6.42 Å². The average Bonchev–Trinajstić information content (AvgIpc) is 3.66. The number of carbonyl (C=O) groups excluding carboxylic acids is 1. The number of hydrogen-bond acceptors (Lipinski definition) is 8. The van der Waals surface area contributed by atoms with Crippen LogP contribution in [0.3, 0.4) is 0 Å². The van der Waals surface area contributed by atoms with E-state index in [-0.39, 0.29) is 18.1 Å². The normalized spacial score (nSPS) is 23.8. The first-order valence-electron chi connectivity index (χ1n) is 12.4. The first-order valence-corrected chi connectivity index (χ1v) is 12.4. The molecule has 1 amide bonds. The molecule has 0 spiro atoms. The Labute approximate surface area is 211 Å². The molecule has 3 aliphatic rings. The van der Waals surface area contributed by atoms with E-state index >= 15 is 4.39 Å². The van der Waals surface area contributed by atoms with Crippen molar-refractivity contribution in [3.8, 4) is 16.9 Å². The number of H-pyrrole nitrogens is 1. The lowest BCUT2D eigenvalue weighted by Crippen LogP contribution is -2.48. The van der Waals surface area contributed by atoms with E-state index in [1.54, 1.807) is 23.1 Å². The van der Waals surface area contributed by atoms with Crippen LogP contribution in [0.1, 0.15) is 19.8 Å². The minimum atomic E-state index is -0.474. The van der Waals surface area contributed by atoms with Gasteiger partial charge in [-0.15, -0.1) is 0 Å². The van der Waals surface area contributed by atoms with Crippen molar-refractivity contribution in [3.05, 3.63) is 42.6 Å². The van der Waals surface area contributed by atoms with Gasteiger partial charge in [-0.3, -0.25) is 14.8 Å². The van der Waals surface area contributed by atoms with Gasteiger partial charge >= 0.3 is 0 Å². The molecule has 3 aliphatic heterocycles. The van der Waals surface area contributed by atoms with Crippen molar-refractivity contribution >= 4 is 28.6 Å². The number of ether oxygens (including phenoxy) is 2. The van der Waals surface area contributed by atoms with Crippen molar-refractivity contribution in [1.29, 1.82) is 0 Å². The van der Waals surface area contributed by atoms with Crippen LogP contribution in [0.25, 0.3) is 28.0 Å². The van der Waals surface area contributed by atoms with Gasteiger partial charge in [0.25, 0.3) is 5.91 Å². The van der Waals surface area contributed by atoms with Crippen LogP contribution in [-0.2, 0) is 14.3 Å². The molecule has 3 saturated heterocycles. The molecule has 11 nitrogen and oxygen atoms in total. The number of anilines is 2. The molecular weight excluding hydrogens is 479 g/mol. The summed E-state index contributed by atoms with van der Waals surface area (Å²) in [6, 6.07) is 5.10. The topological polar surface area (TPSA) is 114 Å². The van der Waals surface area contributed by atoms with Crippen LogP contribution in [0.5, 0.6) is 0 Å². The molecule has 0 aromatic carbocycles. The van der Waals surface area contributed by atoms with E-state index in [4.69, 9.17) is 14.5 Å². The van der Waals surface area contributed by atoms with Crippen LogP contribution < -0.4 is 9.80 Å². The molecule has 0 saturated carbocycles. The summed E-state index contributed by atoms with van der Waals surface area (Å²) in [6.07, 6.45) is 5.88. The molecule has 12 heteroatoms. The number of aromatic nitrogens is 6. The van der Waals surface area contributed by atoms with Crippen LogP contribution in [0.15, 0.2) is 36.8 Å². The van der Waals surface area contributed by atoms with Gasteiger partial charge in [0.1, 0.15) is 23.6 Å². The second-order valence-electron chi connectivity index (χ2n) is 9.67. The summed E-state index contributed by atoms with van der Waals surface area (Å²) in [7, 11) is 0. The fourth-order valence-corrected chi connectivity index (χ4v) is 5.42. The molecule has 4 aromatic rings. The zero-order valence-electron chi connectivity index (χ0n) is 20.2. The number of hydrogen-bond donors (Lipinski definition) is 1. The van der Waals surface area contributed by atoms with Crippen LogP contribution in [0.2, 0.25) is 0 Å². The van der Waals surface area contributed by atoms with Gasteiger partial charge in [0, 0.05) is 47.6 Å². The van der Waals surface area contributed by atoms with Crippen molar-refractivity contribution in [1.82, 2.24) is 29.9 Å². The molecule has 37 heavy (non-hydrogen) atoms. The Morgan fingerprint density at radius 3 is 2.86 bits per heavy atom. The van der Waals surface area contributed by atoms with E-state index in [2.05, 4.69) is 32.1 Å². The molecule has 1 N–H and O–H groups in total. The Hall–Kier alpha value is -3.90. The largest absolute Gasteiger partial charge is 0.377 e. The first kappa shape index (κ1) is 22.3. The van der Waals surface area contributed by atoms with Crippen molar-refractivity contribution in [3.63, 3.8) is 0 Å². The number of carbonyl (C=O) groups is 1. The van der Waals surface area contributed by atoms with Gasteiger partial charge in [-0.05, 0) is 25.8 Å². The highest BCUT2D eigenvalue weighted by Gasteiger charge is 2.41. The highest BCUT2D eigenvalue weighted by molar-refractivity contribution is 5.98. The smallest absolute Gasteiger partial charge is 0.257 e. The Balaban J connectivity index is 1.34. The molecule has 7 rings (SSSR count). The zero-order chi connectivity index (χ0) is 25.1. The molecule has 3 atom stereocenters. The number of pyridine rings is 2. The third-order valence-corrected chi connectivity index (χ3v) is 7.33. The van der Waals surface area contributed by atoms with Gasteiger partial charge in [0.05, 0.1) is 38.1 Å². The maximum atomic E-state index is 15.8. The summed E-state index contributed by atoms with van der Waals surface area (Å²) in [5.41, 5.74) is 1.48. The molecule has 0 aliphatic carbocycles. The highest BCUT2D eigenvalue weighted by Crippen LogP contribution is 2.36. The number of fused-ring (bicyclic) bond motifs is 3. The number of morpholine rings is 2. The van der Waals surface area contributed by atoms with Crippen LogP contribution in [0, 0.1) is 5.82 Å². The predicted octanol–water partition coefficient (Wildman–Crippen LogP) is 2.46. The van der Waals surface area contributed by atoms with E-state index in [1.807, 2.05) is 6.07 Å². The van der Waals surface area contributed by atoms with Crippen LogP contribution in [-0.4, -0.2) is 80.4 Å². The number of nitrogens with zero attached hydrogens (tertiary/aromatic N) is 7. The Kier molecular flexibility index (Phi) is 5.18. The molecule has 2 bridgehead atoms. The van der Waals surface area contributed by atoms with Gasteiger partial charge in [-0.1, -0.05) is 0 Å². The van der Waals surface area contributed by atoms with Gasteiger partial charge < -0.3 is 14.4 Å². The van der Waals surface area contributed by atoms with Crippen molar-refractivity contribution < 1.29 is 18.7 Å². The summed E-state index contributed by atoms with van der Waals surface area (Å²) in [5, 5.41) is 12.2. The van der Waals surface area contributed by atoms with E-state index < -0.39 is 11.9 Å². The summed E-state index contributed by atoms with van der Waals surface area (Å²) >= 11 is 0. The minimum absolute atomic E-state index is 0.0296. The van der Waals surface area contributed by atoms with Crippen molar-refractivity contribution in [2.45, 2.75) is 38.0 Å². The van der Waals surface area contributed by atoms with E-state index in [0.29, 0.717) is 72.3 Å². The second-order valence-corrected chi connectivity index (χ2v) is 9.67. The van der Waals surface area contributed by atoms with Gasteiger partial charge in [0.2, 0.25) is 0 Å². The minimum Gasteiger partial charge on any atom is -0.377 e. The van der Waals surface area contributed by atoms with Crippen molar-refractivity contribution in [2.75, 3.05) is 36.1 Å². The van der Waals surface area contributed by atoms with Gasteiger partial charge in [0.15, 0.2) is 11.5 Å². The maximum Gasteiger partial charge on any atom is 0.257 e. The van der Waals surface area contributed by atoms with E-state index in [1.165, 1.54) is 17.2 Å². The Morgan fingerprint density at radius 2 is 2.05 bits per heavy atom. The fourth-order valence-electron chi connectivity index (χ4n) is 5.42. The maximum absolute atomic E-state index is 15.8. The predicted molar refractivity (Wildman–Crippen MR) is 132 cm³/mol. The number of amides is 1. The standard InChI is InChI=1S/C25H25FN8O3/c1-14-13-36-7-6-32(14)23-8-16(18-11-29-34(24(18)30-23)21-4-5-28-31-21)17-10-27-22(9-19(17)26)33-12-15-2-3-20(37-15)25(33)35/h4-5,8-11,14-15,20H,2-3,6-7,12-13H2,1H3,(H,28,31)/t14-,15?,20?/m1/s1. The van der Waals surface area contributed by atoms with Gasteiger partial charge in [-0.25, -0.2) is 14.4 Å². The summed E-state index contributed by atoms with van der Waals surface area (Å²) in [5.74, 6) is 0.932. The van der Waals surface area contributed by atoms with Crippen LogP contribution >= 0.6 is 0 Å². The molecule has 2 unspecified atom stereocenters. The summed E-state index contributed by atoms with van der Waals surface area (Å²) in [4.78, 5) is 25.9. The lowest BCUT2D eigenvalue weighted by molar-refractivity contribution is -0.133. The Bertz CT molecular complexity index is 1490. The second kappa shape index (κ2) is 8.60.